The van der Waals surface area contributed by atoms with Crippen LogP contribution < -0.4 is 0 Å². The minimum Gasteiger partial charge on any atom is -0.481 e. The Hall–Kier alpha value is -2.02. The van der Waals surface area contributed by atoms with Gasteiger partial charge in [-0.05, 0) is 35.4 Å². The van der Waals surface area contributed by atoms with Crippen molar-refractivity contribution in [3.63, 3.8) is 0 Å². The Morgan fingerprint density at radius 3 is 2.81 bits per heavy atom. The van der Waals surface area contributed by atoms with Crippen LogP contribution in [0.15, 0.2) is 18.2 Å². The molecule has 1 aromatic carbocycles. The number of carboxylic acids is 1. The second-order valence-corrected chi connectivity index (χ2v) is 5.60. The van der Waals surface area contributed by atoms with E-state index in [0.717, 1.165) is 6.42 Å². The van der Waals surface area contributed by atoms with Gasteiger partial charge in [0.05, 0.1) is 22.5 Å². The molecule has 6 nitrogen and oxygen atoms in total. The molecule has 0 radical (unpaired) electrons. The largest absolute Gasteiger partial charge is 0.481 e. The third kappa shape index (κ3) is 2.27. The third-order valence-electron chi connectivity index (χ3n) is 3.94. The standard InChI is InChI=1S/C13H12ClFN4O2/c14-8-3-1-4-9(15)10(8)11-16-17-18-19(11)7-13(12(20)21)5-2-6-13/h1,3-4H,2,5-7H2,(H,20,21). The third-order valence-corrected chi connectivity index (χ3v) is 4.25. The van der Waals surface area contributed by atoms with Crippen LogP contribution in [0.5, 0.6) is 0 Å². The van der Waals surface area contributed by atoms with Crippen molar-refractivity contribution in [3.05, 3.63) is 29.0 Å². The maximum absolute atomic E-state index is 14.0. The first kappa shape index (κ1) is 13.9. The molecule has 0 spiro atoms. The number of hydrogen-bond acceptors (Lipinski definition) is 4. The van der Waals surface area contributed by atoms with Crippen molar-refractivity contribution in [1.29, 1.82) is 0 Å². The van der Waals surface area contributed by atoms with Crippen LogP contribution in [-0.4, -0.2) is 31.3 Å². The van der Waals surface area contributed by atoms with E-state index in [2.05, 4.69) is 15.5 Å². The van der Waals surface area contributed by atoms with Crippen LogP contribution in [-0.2, 0) is 11.3 Å². The number of aliphatic carboxylic acids is 1. The average Bonchev–Trinajstić information content (AvgIpc) is 2.81. The molecule has 1 N–H and O–H groups in total. The van der Waals surface area contributed by atoms with Gasteiger partial charge in [-0.3, -0.25) is 4.79 Å². The fraction of sp³-hybridized carbons (Fsp3) is 0.385. The summed E-state index contributed by atoms with van der Waals surface area (Å²) in [5.74, 6) is -1.28. The van der Waals surface area contributed by atoms with E-state index in [9.17, 15) is 14.3 Å². The average molecular weight is 311 g/mol. The van der Waals surface area contributed by atoms with Gasteiger partial charge in [0.15, 0.2) is 5.82 Å². The Labute approximate surface area is 124 Å². The Balaban J connectivity index is 2.00. The van der Waals surface area contributed by atoms with E-state index in [4.69, 9.17) is 11.6 Å². The van der Waals surface area contributed by atoms with E-state index in [0.29, 0.717) is 12.8 Å². The van der Waals surface area contributed by atoms with E-state index in [1.807, 2.05) is 0 Å². The summed E-state index contributed by atoms with van der Waals surface area (Å²) in [7, 11) is 0. The number of carbonyl (C=O) groups is 1. The number of nitrogens with zero attached hydrogens (tertiary/aromatic N) is 4. The molecule has 8 heteroatoms. The number of tetrazole rings is 1. The van der Waals surface area contributed by atoms with Gasteiger partial charge in [-0.25, -0.2) is 9.07 Å². The lowest BCUT2D eigenvalue weighted by atomic mass is 9.69. The van der Waals surface area contributed by atoms with E-state index in [-0.39, 0.29) is 23.0 Å². The van der Waals surface area contributed by atoms with Crippen LogP contribution in [0.3, 0.4) is 0 Å². The van der Waals surface area contributed by atoms with Crippen molar-refractivity contribution in [3.8, 4) is 11.4 Å². The summed E-state index contributed by atoms with van der Waals surface area (Å²) in [5.41, 5.74) is -0.786. The summed E-state index contributed by atoms with van der Waals surface area (Å²) in [6.45, 7) is 0.106. The molecule has 110 valence electrons. The van der Waals surface area contributed by atoms with Gasteiger partial charge in [0.1, 0.15) is 5.82 Å². The quantitative estimate of drug-likeness (QED) is 0.937. The van der Waals surface area contributed by atoms with Crippen molar-refractivity contribution in [1.82, 2.24) is 20.2 Å². The van der Waals surface area contributed by atoms with Crippen LogP contribution in [0.1, 0.15) is 19.3 Å². The fourth-order valence-electron chi connectivity index (χ4n) is 2.53. The van der Waals surface area contributed by atoms with Gasteiger partial charge in [0, 0.05) is 0 Å². The lowest BCUT2D eigenvalue weighted by Crippen LogP contribution is -2.42. The van der Waals surface area contributed by atoms with Crippen LogP contribution in [0.25, 0.3) is 11.4 Å². The molecule has 1 aliphatic carbocycles. The molecule has 1 saturated carbocycles. The van der Waals surface area contributed by atoms with Crippen LogP contribution in [0, 0.1) is 11.2 Å². The minimum absolute atomic E-state index is 0.0871. The molecular formula is C13H12ClFN4O2. The second-order valence-electron chi connectivity index (χ2n) is 5.20. The zero-order chi connectivity index (χ0) is 15.0. The molecule has 1 aromatic heterocycles. The highest BCUT2D eigenvalue weighted by Crippen LogP contribution is 2.43. The maximum atomic E-state index is 14.0. The first-order valence-corrected chi connectivity index (χ1v) is 6.85. The summed E-state index contributed by atoms with van der Waals surface area (Å²) in [6, 6.07) is 4.28. The highest BCUT2D eigenvalue weighted by atomic mass is 35.5. The molecule has 3 rings (SSSR count). The van der Waals surface area contributed by atoms with E-state index in [1.54, 1.807) is 0 Å². The van der Waals surface area contributed by atoms with Gasteiger partial charge < -0.3 is 5.11 Å². The monoisotopic (exact) mass is 310 g/mol. The number of hydrogen-bond donors (Lipinski definition) is 1. The van der Waals surface area contributed by atoms with Crippen molar-refractivity contribution in [2.75, 3.05) is 0 Å². The molecule has 0 amide bonds. The second kappa shape index (κ2) is 5.07. The summed E-state index contributed by atoms with van der Waals surface area (Å²) in [5, 5.41) is 20.7. The maximum Gasteiger partial charge on any atom is 0.311 e. The number of carboxylic acid groups (broad SMARTS) is 1. The predicted octanol–water partition coefficient (Wildman–Crippen LogP) is 2.39. The lowest BCUT2D eigenvalue weighted by Gasteiger charge is -2.37. The molecule has 1 aliphatic rings. The SMILES string of the molecule is O=C(O)C1(Cn2nnnc2-c2c(F)cccc2Cl)CCC1. The Morgan fingerprint density at radius 1 is 1.48 bits per heavy atom. The van der Waals surface area contributed by atoms with E-state index < -0.39 is 17.2 Å². The molecule has 0 bridgehead atoms. The summed E-state index contributed by atoms with van der Waals surface area (Å²) < 4.78 is 15.3. The molecule has 0 unspecified atom stereocenters. The van der Waals surface area contributed by atoms with Crippen molar-refractivity contribution >= 4 is 17.6 Å². The molecule has 0 aliphatic heterocycles. The number of aromatic nitrogens is 4. The van der Waals surface area contributed by atoms with E-state index in [1.165, 1.54) is 22.9 Å². The van der Waals surface area contributed by atoms with Gasteiger partial charge in [-0.15, -0.1) is 5.10 Å². The lowest BCUT2D eigenvalue weighted by molar-refractivity contribution is -0.156. The van der Waals surface area contributed by atoms with Crippen LogP contribution in [0.4, 0.5) is 4.39 Å². The number of benzene rings is 1. The number of rotatable bonds is 4. The summed E-state index contributed by atoms with van der Waals surface area (Å²) >= 11 is 6.01. The zero-order valence-electron chi connectivity index (χ0n) is 11.0. The smallest absolute Gasteiger partial charge is 0.311 e. The van der Waals surface area contributed by atoms with Gasteiger partial charge in [-0.1, -0.05) is 24.1 Å². The minimum atomic E-state index is -0.880. The topological polar surface area (TPSA) is 80.9 Å². The van der Waals surface area contributed by atoms with Gasteiger partial charge in [0.2, 0.25) is 0 Å². The van der Waals surface area contributed by atoms with Crippen molar-refractivity contribution < 1.29 is 14.3 Å². The molecular weight excluding hydrogens is 299 g/mol. The summed E-state index contributed by atoms with van der Waals surface area (Å²) in [6.07, 6.45) is 1.98. The molecule has 1 heterocycles. The first-order valence-electron chi connectivity index (χ1n) is 6.47. The van der Waals surface area contributed by atoms with Crippen molar-refractivity contribution in [2.45, 2.75) is 25.8 Å². The fourth-order valence-corrected chi connectivity index (χ4v) is 2.78. The zero-order valence-corrected chi connectivity index (χ0v) is 11.7. The molecule has 2 aromatic rings. The molecule has 21 heavy (non-hydrogen) atoms. The van der Waals surface area contributed by atoms with Crippen LogP contribution >= 0.6 is 11.6 Å². The highest BCUT2D eigenvalue weighted by Gasteiger charge is 2.45. The van der Waals surface area contributed by atoms with Crippen molar-refractivity contribution in [2.24, 2.45) is 5.41 Å². The normalized spacial score (nSPS) is 16.5. The molecule has 0 saturated heterocycles. The molecule has 0 atom stereocenters. The predicted molar refractivity (Wildman–Crippen MR) is 72.1 cm³/mol. The van der Waals surface area contributed by atoms with Gasteiger partial charge in [-0.2, -0.15) is 0 Å². The summed E-state index contributed by atoms with van der Waals surface area (Å²) in [4.78, 5) is 11.4. The van der Waals surface area contributed by atoms with Gasteiger partial charge in [0.25, 0.3) is 0 Å². The Morgan fingerprint density at radius 2 is 2.24 bits per heavy atom. The molecule has 1 fully saturated rings. The Bertz CT molecular complexity index is 679. The van der Waals surface area contributed by atoms with Gasteiger partial charge >= 0.3 is 5.97 Å². The highest BCUT2D eigenvalue weighted by molar-refractivity contribution is 6.33. The Kier molecular flexibility index (Phi) is 3.36. The first-order chi connectivity index (χ1) is 10.0. The van der Waals surface area contributed by atoms with Crippen LogP contribution in [0.2, 0.25) is 5.02 Å². The van der Waals surface area contributed by atoms with E-state index >= 15 is 0 Å². The number of halogens is 2.